The molecule has 13 aromatic carbocycles. The van der Waals surface area contributed by atoms with Crippen LogP contribution in [0, 0.1) is 0 Å². The number of hydrogen-bond donors (Lipinski definition) is 0. The van der Waals surface area contributed by atoms with E-state index in [4.69, 9.17) is 9.97 Å². The molecule has 0 aliphatic carbocycles. The van der Waals surface area contributed by atoms with E-state index in [1.165, 1.54) is 92.4 Å². The fourth-order valence-electron chi connectivity index (χ4n) is 12.5. The zero-order valence-corrected chi connectivity index (χ0v) is 38.4. The summed E-state index contributed by atoms with van der Waals surface area (Å²) in [5, 5.41) is 15.2. The van der Waals surface area contributed by atoms with Crippen LogP contribution in [0.2, 0.25) is 0 Å². The van der Waals surface area contributed by atoms with Crippen molar-refractivity contribution in [2.75, 3.05) is 9.80 Å². The van der Waals surface area contributed by atoms with Gasteiger partial charge in [0, 0.05) is 61.6 Å². The maximum Gasteiger partial charge on any atom is 0.252 e. The van der Waals surface area contributed by atoms with E-state index in [1.54, 1.807) is 0 Å². The summed E-state index contributed by atoms with van der Waals surface area (Å²) in [7, 11) is 0. The van der Waals surface area contributed by atoms with Crippen molar-refractivity contribution in [1.29, 1.82) is 0 Å². The Morgan fingerprint density at radius 2 is 0.704 bits per heavy atom. The lowest BCUT2D eigenvalue weighted by molar-refractivity contribution is 1.18. The minimum atomic E-state index is -0.126. The lowest BCUT2D eigenvalue weighted by Gasteiger charge is -2.45. The molecule has 0 saturated heterocycles. The molecule has 1 aromatic heterocycles. The van der Waals surface area contributed by atoms with Crippen LogP contribution in [0.3, 0.4) is 0 Å². The molecule has 2 aliphatic heterocycles. The van der Waals surface area contributed by atoms with Crippen molar-refractivity contribution in [2.45, 2.75) is 0 Å². The van der Waals surface area contributed by atoms with Crippen LogP contribution in [-0.2, 0) is 0 Å². The Bertz CT molecular complexity index is 4150. The molecule has 5 heteroatoms. The van der Waals surface area contributed by atoms with Crippen molar-refractivity contribution in [1.82, 2.24) is 9.97 Å². The summed E-state index contributed by atoms with van der Waals surface area (Å²) in [6.07, 6.45) is 0. The lowest BCUT2D eigenvalue weighted by atomic mass is 9.33. The highest BCUT2D eigenvalue weighted by Gasteiger charge is 2.45. The topological polar surface area (TPSA) is 32.3 Å². The van der Waals surface area contributed by atoms with E-state index in [-0.39, 0.29) is 6.71 Å². The molecule has 0 amide bonds. The van der Waals surface area contributed by atoms with Gasteiger partial charge in [-0.15, -0.1) is 0 Å². The zero-order valence-electron chi connectivity index (χ0n) is 38.4. The molecule has 4 nitrogen and oxygen atoms in total. The maximum absolute atomic E-state index is 5.51. The average molecular weight is 899 g/mol. The number of rotatable bonds is 5. The van der Waals surface area contributed by atoms with Gasteiger partial charge in [0.25, 0.3) is 6.71 Å². The summed E-state index contributed by atoms with van der Waals surface area (Å²) < 4.78 is 0. The second kappa shape index (κ2) is 14.6. The van der Waals surface area contributed by atoms with E-state index in [0.29, 0.717) is 5.82 Å². The van der Waals surface area contributed by atoms with Crippen molar-refractivity contribution in [3.05, 3.63) is 237 Å². The van der Waals surface area contributed by atoms with Crippen molar-refractivity contribution in [3.63, 3.8) is 0 Å². The molecular weight excluding hydrogens is 860 g/mol. The van der Waals surface area contributed by atoms with Gasteiger partial charge in [-0.3, -0.25) is 0 Å². The van der Waals surface area contributed by atoms with E-state index in [0.717, 1.165) is 50.8 Å². The van der Waals surface area contributed by atoms with Crippen LogP contribution in [0.1, 0.15) is 0 Å². The first kappa shape index (κ1) is 38.6. The van der Waals surface area contributed by atoms with Crippen LogP contribution < -0.4 is 26.2 Å². The van der Waals surface area contributed by atoms with Crippen LogP contribution in [-0.4, -0.2) is 16.7 Å². The Morgan fingerprint density at radius 1 is 0.310 bits per heavy atom. The number of fused-ring (bicyclic) bond motifs is 6. The van der Waals surface area contributed by atoms with Crippen molar-refractivity contribution in [3.8, 4) is 33.9 Å². The molecule has 0 fully saturated rings. The Balaban J connectivity index is 1.09. The molecular formula is C66H39BN4. The highest BCUT2D eigenvalue weighted by atomic mass is 15.2. The first-order valence-electron chi connectivity index (χ1n) is 24.5. The first-order chi connectivity index (χ1) is 35.2. The standard InChI is InChI=1S/C66H39BN4/c1-5-15-40(16-6-1)55-39-56(41-17-7-2-8-18-41)69-66(68-55)48-37-57-63-58(38-48)71(50-25-11-4-12-26-50)65-52-34-32-45-22-14-20-43-28-30-47(62(52)60(43)45)36-54(65)67(63)53-35-46-29-27-42-19-13-21-44-31-33-51(61(46)59(42)44)64(53)70(57)49-23-9-3-10-24-49/h1-39H. The monoisotopic (exact) mass is 898 g/mol. The van der Waals surface area contributed by atoms with Crippen molar-refractivity contribution < 1.29 is 0 Å². The Morgan fingerprint density at radius 3 is 1.14 bits per heavy atom. The number of benzene rings is 13. The second-order valence-electron chi connectivity index (χ2n) is 19.2. The third-order valence-corrected chi connectivity index (χ3v) is 15.4. The van der Waals surface area contributed by atoms with E-state index in [9.17, 15) is 0 Å². The van der Waals surface area contributed by atoms with Gasteiger partial charge in [-0.05, 0) is 113 Å². The minimum Gasteiger partial charge on any atom is -0.311 e. The van der Waals surface area contributed by atoms with E-state index >= 15 is 0 Å². The fraction of sp³-hybridized carbons (Fsp3) is 0. The Kier molecular flexibility index (Phi) is 7.94. The molecule has 326 valence electrons. The summed E-state index contributed by atoms with van der Waals surface area (Å²) >= 11 is 0. The maximum atomic E-state index is 5.51. The SMILES string of the molecule is c1ccc(-c2cc(-c3ccccc3)nc(-c3cc4c5c(c3)N(c3ccccc3)c3c(cc6ccc7cccc8ccc3c6c78)B5c3cc5ccc6cccc7ccc(c3N4c3ccccc3)c5c67)n2)cc1. The molecule has 0 unspecified atom stereocenters. The summed E-state index contributed by atoms with van der Waals surface area (Å²) in [5.74, 6) is 0.671. The first-order valence-corrected chi connectivity index (χ1v) is 24.5. The Labute approximate surface area is 410 Å². The molecule has 14 aromatic rings. The van der Waals surface area contributed by atoms with E-state index < -0.39 is 0 Å². The molecule has 3 heterocycles. The zero-order chi connectivity index (χ0) is 46.3. The predicted molar refractivity (Wildman–Crippen MR) is 300 cm³/mol. The van der Waals surface area contributed by atoms with Gasteiger partial charge in [0.15, 0.2) is 5.82 Å². The van der Waals surface area contributed by atoms with Crippen LogP contribution in [0.4, 0.5) is 34.1 Å². The molecule has 2 aliphatic rings. The minimum absolute atomic E-state index is 0.126. The van der Waals surface area contributed by atoms with Gasteiger partial charge in [0.05, 0.1) is 11.4 Å². The van der Waals surface area contributed by atoms with Gasteiger partial charge in [-0.1, -0.05) is 194 Å². The third kappa shape index (κ3) is 5.51. The van der Waals surface area contributed by atoms with E-state index in [2.05, 4.69) is 246 Å². The van der Waals surface area contributed by atoms with Gasteiger partial charge in [0.2, 0.25) is 0 Å². The molecule has 0 saturated carbocycles. The molecule has 0 spiro atoms. The third-order valence-electron chi connectivity index (χ3n) is 15.4. The number of aromatic nitrogens is 2. The van der Waals surface area contributed by atoms with Crippen LogP contribution in [0.15, 0.2) is 237 Å². The van der Waals surface area contributed by atoms with Gasteiger partial charge >= 0.3 is 0 Å². The quantitative estimate of drug-likeness (QED) is 0.127. The largest absolute Gasteiger partial charge is 0.311 e. The second-order valence-corrected chi connectivity index (χ2v) is 19.2. The number of para-hydroxylation sites is 2. The highest BCUT2D eigenvalue weighted by Crippen LogP contribution is 2.51. The summed E-state index contributed by atoms with van der Waals surface area (Å²) in [6.45, 7) is -0.126. The lowest BCUT2D eigenvalue weighted by Crippen LogP contribution is -2.61. The molecule has 0 radical (unpaired) electrons. The number of hydrogen-bond acceptors (Lipinski definition) is 4. The van der Waals surface area contributed by atoms with Crippen molar-refractivity contribution in [2.24, 2.45) is 0 Å². The highest BCUT2D eigenvalue weighted by molar-refractivity contribution is 7.01. The predicted octanol–water partition coefficient (Wildman–Crippen LogP) is 15.4. The number of anilines is 6. The summed E-state index contributed by atoms with van der Waals surface area (Å²) in [4.78, 5) is 16.1. The molecule has 16 rings (SSSR count). The van der Waals surface area contributed by atoms with Crippen LogP contribution >= 0.6 is 0 Å². The van der Waals surface area contributed by atoms with Gasteiger partial charge < -0.3 is 9.80 Å². The van der Waals surface area contributed by atoms with Crippen LogP contribution in [0.25, 0.3) is 98.5 Å². The average Bonchev–Trinajstić information content (AvgIpc) is 3.44. The normalized spacial score (nSPS) is 13.0. The summed E-state index contributed by atoms with van der Waals surface area (Å²) in [5.41, 5.74) is 15.4. The molecule has 71 heavy (non-hydrogen) atoms. The number of nitrogens with zero attached hydrogens (tertiary/aromatic N) is 4. The molecule has 0 bridgehead atoms. The molecule has 0 N–H and O–H groups in total. The Hall–Kier alpha value is -9.32. The summed E-state index contributed by atoms with van der Waals surface area (Å²) in [6, 6.07) is 87.0. The smallest absolute Gasteiger partial charge is 0.252 e. The van der Waals surface area contributed by atoms with Gasteiger partial charge in [0.1, 0.15) is 0 Å². The van der Waals surface area contributed by atoms with Crippen LogP contribution in [0.5, 0.6) is 0 Å². The van der Waals surface area contributed by atoms with Gasteiger partial charge in [-0.2, -0.15) is 0 Å². The van der Waals surface area contributed by atoms with E-state index in [1.807, 2.05) is 0 Å². The fourth-order valence-corrected chi connectivity index (χ4v) is 12.5. The van der Waals surface area contributed by atoms with Crippen molar-refractivity contribution >= 4 is 122 Å². The van der Waals surface area contributed by atoms with Gasteiger partial charge in [-0.25, -0.2) is 9.97 Å². The molecule has 0 atom stereocenters.